The molecular formula is C16H15ClN2O3. The van der Waals surface area contributed by atoms with E-state index in [2.05, 4.69) is 10.6 Å². The lowest BCUT2D eigenvalue weighted by atomic mass is 10.1. The number of hydrogen-bond donors (Lipinski definition) is 2. The molecule has 6 heteroatoms. The smallest absolute Gasteiger partial charge is 0.259 e. The minimum atomic E-state index is -0.345. The number of benzene rings is 2. The Balaban J connectivity index is 2.24. The van der Waals surface area contributed by atoms with Crippen LogP contribution in [0.5, 0.6) is 5.75 Å². The van der Waals surface area contributed by atoms with Gasteiger partial charge in [0.05, 0.1) is 12.7 Å². The van der Waals surface area contributed by atoms with Crippen LogP contribution in [0.25, 0.3) is 0 Å². The van der Waals surface area contributed by atoms with Gasteiger partial charge >= 0.3 is 0 Å². The zero-order valence-corrected chi connectivity index (χ0v) is 12.9. The molecule has 0 saturated carbocycles. The zero-order valence-electron chi connectivity index (χ0n) is 12.1. The van der Waals surface area contributed by atoms with Crippen LogP contribution in [0.2, 0.25) is 5.02 Å². The number of methoxy groups -OCH3 is 1. The van der Waals surface area contributed by atoms with Crippen LogP contribution >= 0.6 is 11.6 Å². The fraction of sp³-hybridized carbons (Fsp3) is 0.125. The monoisotopic (exact) mass is 318 g/mol. The molecule has 22 heavy (non-hydrogen) atoms. The van der Waals surface area contributed by atoms with Crippen molar-refractivity contribution in [3.63, 3.8) is 0 Å². The molecule has 0 aromatic heterocycles. The van der Waals surface area contributed by atoms with Gasteiger partial charge in [-0.15, -0.1) is 0 Å². The minimum Gasteiger partial charge on any atom is -0.496 e. The summed E-state index contributed by atoms with van der Waals surface area (Å²) in [5, 5.41) is 5.74. The van der Waals surface area contributed by atoms with Crippen molar-refractivity contribution in [2.75, 3.05) is 19.5 Å². The number of hydrogen-bond acceptors (Lipinski definition) is 3. The number of nitrogens with one attached hydrogen (secondary N) is 2. The van der Waals surface area contributed by atoms with E-state index in [0.717, 1.165) is 0 Å². The van der Waals surface area contributed by atoms with Crippen LogP contribution in [0, 0.1) is 0 Å². The van der Waals surface area contributed by atoms with Crippen molar-refractivity contribution in [3.05, 3.63) is 58.6 Å². The summed E-state index contributed by atoms with van der Waals surface area (Å²) in [6.45, 7) is 0. The quantitative estimate of drug-likeness (QED) is 0.910. The Morgan fingerprint density at radius 1 is 1.09 bits per heavy atom. The lowest BCUT2D eigenvalue weighted by Gasteiger charge is -2.10. The summed E-state index contributed by atoms with van der Waals surface area (Å²) in [6, 6.07) is 11.4. The number of amides is 2. The Kier molecular flexibility index (Phi) is 5.01. The Hall–Kier alpha value is -2.53. The molecule has 0 atom stereocenters. The van der Waals surface area contributed by atoms with Crippen LogP contribution in [-0.4, -0.2) is 26.0 Å². The van der Waals surface area contributed by atoms with Crippen LogP contribution in [0.3, 0.4) is 0 Å². The molecule has 0 unspecified atom stereocenters. The number of ether oxygens (including phenoxy) is 1. The number of carbonyl (C=O) groups excluding carboxylic acids is 2. The molecule has 2 aromatic rings. The van der Waals surface area contributed by atoms with Crippen molar-refractivity contribution in [3.8, 4) is 5.75 Å². The molecule has 5 nitrogen and oxygen atoms in total. The summed E-state index contributed by atoms with van der Waals surface area (Å²) in [5.41, 5.74) is 1.34. The van der Waals surface area contributed by atoms with E-state index in [1.54, 1.807) is 49.5 Å². The van der Waals surface area contributed by atoms with Gasteiger partial charge in [0.1, 0.15) is 5.75 Å². The number of halogens is 1. The fourth-order valence-corrected chi connectivity index (χ4v) is 2.10. The first-order valence-corrected chi connectivity index (χ1v) is 6.90. The zero-order chi connectivity index (χ0) is 16.1. The molecule has 114 valence electrons. The minimum absolute atomic E-state index is 0.222. The van der Waals surface area contributed by atoms with E-state index in [9.17, 15) is 9.59 Å². The molecule has 0 fully saturated rings. The maximum absolute atomic E-state index is 12.3. The third-order valence-electron chi connectivity index (χ3n) is 3.02. The Labute approximate surface area is 133 Å². The van der Waals surface area contributed by atoms with Crippen molar-refractivity contribution in [1.29, 1.82) is 0 Å². The highest BCUT2D eigenvalue weighted by Crippen LogP contribution is 2.24. The fourth-order valence-electron chi connectivity index (χ4n) is 1.93. The second kappa shape index (κ2) is 6.95. The van der Waals surface area contributed by atoms with Crippen LogP contribution in [0.1, 0.15) is 20.7 Å². The second-order valence-electron chi connectivity index (χ2n) is 4.46. The summed E-state index contributed by atoms with van der Waals surface area (Å²) < 4.78 is 5.15. The third kappa shape index (κ3) is 3.56. The highest BCUT2D eigenvalue weighted by molar-refractivity contribution is 6.31. The number of carbonyl (C=O) groups is 2. The SMILES string of the molecule is CNC(=O)c1cccc(NC(=O)c2ccc(Cl)cc2OC)c1. The van der Waals surface area contributed by atoms with Crippen molar-refractivity contribution < 1.29 is 14.3 Å². The maximum atomic E-state index is 12.3. The molecule has 0 aliphatic heterocycles. The maximum Gasteiger partial charge on any atom is 0.259 e. The van der Waals surface area contributed by atoms with E-state index < -0.39 is 0 Å². The van der Waals surface area contributed by atoms with E-state index in [4.69, 9.17) is 16.3 Å². The topological polar surface area (TPSA) is 67.4 Å². The lowest BCUT2D eigenvalue weighted by Crippen LogP contribution is -2.18. The summed E-state index contributed by atoms with van der Waals surface area (Å²) in [4.78, 5) is 23.9. The molecule has 0 spiro atoms. The van der Waals surface area contributed by atoms with Gasteiger partial charge in [-0.25, -0.2) is 0 Å². The molecular weight excluding hydrogens is 304 g/mol. The molecule has 2 aromatic carbocycles. The molecule has 2 amide bonds. The van der Waals surface area contributed by atoms with Crippen molar-refractivity contribution in [1.82, 2.24) is 5.32 Å². The Morgan fingerprint density at radius 3 is 2.55 bits per heavy atom. The molecule has 2 N–H and O–H groups in total. The van der Waals surface area contributed by atoms with E-state index in [0.29, 0.717) is 27.6 Å². The highest BCUT2D eigenvalue weighted by Gasteiger charge is 2.13. The first-order valence-electron chi connectivity index (χ1n) is 6.52. The summed E-state index contributed by atoms with van der Waals surface area (Å²) in [6.07, 6.45) is 0. The van der Waals surface area contributed by atoms with Crippen molar-refractivity contribution in [2.24, 2.45) is 0 Å². The van der Waals surface area contributed by atoms with E-state index in [1.807, 2.05) is 0 Å². The first-order chi connectivity index (χ1) is 10.5. The third-order valence-corrected chi connectivity index (χ3v) is 3.25. The molecule has 0 bridgehead atoms. The standard InChI is InChI=1S/C16H15ClN2O3/c1-18-15(20)10-4-3-5-12(8-10)19-16(21)13-7-6-11(17)9-14(13)22-2/h3-9H,1-2H3,(H,18,20)(H,19,21). The molecule has 0 saturated heterocycles. The van der Waals surface area contributed by atoms with Crippen LogP contribution in [-0.2, 0) is 0 Å². The molecule has 0 radical (unpaired) electrons. The molecule has 2 rings (SSSR count). The van der Waals surface area contributed by atoms with Crippen molar-refractivity contribution in [2.45, 2.75) is 0 Å². The van der Waals surface area contributed by atoms with E-state index in [1.165, 1.54) is 7.11 Å². The van der Waals surface area contributed by atoms with Gasteiger partial charge in [0.25, 0.3) is 11.8 Å². The summed E-state index contributed by atoms with van der Waals surface area (Å²) >= 11 is 5.88. The van der Waals surface area contributed by atoms with Crippen LogP contribution < -0.4 is 15.4 Å². The molecule has 0 aliphatic carbocycles. The summed E-state index contributed by atoms with van der Waals surface area (Å²) in [7, 11) is 3.01. The van der Waals surface area contributed by atoms with Gasteiger partial charge in [-0.05, 0) is 36.4 Å². The summed E-state index contributed by atoms with van der Waals surface area (Å²) in [5.74, 6) is -0.185. The van der Waals surface area contributed by atoms with Gasteiger partial charge < -0.3 is 15.4 Å². The number of rotatable bonds is 4. The predicted octanol–water partition coefficient (Wildman–Crippen LogP) is 2.96. The van der Waals surface area contributed by atoms with E-state index >= 15 is 0 Å². The van der Waals surface area contributed by atoms with Gasteiger partial charge in [-0.2, -0.15) is 0 Å². The molecule has 0 heterocycles. The van der Waals surface area contributed by atoms with Gasteiger partial charge in [0.2, 0.25) is 0 Å². The van der Waals surface area contributed by atoms with Crippen molar-refractivity contribution >= 4 is 29.1 Å². The molecule has 0 aliphatic rings. The number of anilines is 1. The average Bonchev–Trinajstić information content (AvgIpc) is 2.54. The Bertz CT molecular complexity index is 716. The predicted molar refractivity (Wildman–Crippen MR) is 85.8 cm³/mol. The van der Waals surface area contributed by atoms with Crippen LogP contribution in [0.15, 0.2) is 42.5 Å². The first kappa shape index (κ1) is 15.9. The lowest BCUT2D eigenvalue weighted by molar-refractivity contribution is 0.0961. The van der Waals surface area contributed by atoms with Gasteiger partial charge in [-0.1, -0.05) is 17.7 Å². The normalized spacial score (nSPS) is 9.95. The van der Waals surface area contributed by atoms with Gasteiger partial charge in [0, 0.05) is 23.3 Å². The van der Waals surface area contributed by atoms with Crippen LogP contribution in [0.4, 0.5) is 5.69 Å². The average molecular weight is 319 g/mol. The second-order valence-corrected chi connectivity index (χ2v) is 4.90. The van der Waals surface area contributed by atoms with Gasteiger partial charge in [0.15, 0.2) is 0 Å². The highest BCUT2D eigenvalue weighted by atomic mass is 35.5. The Morgan fingerprint density at radius 2 is 1.86 bits per heavy atom. The van der Waals surface area contributed by atoms with E-state index in [-0.39, 0.29) is 11.8 Å². The van der Waals surface area contributed by atoms with Gasteiger partial charge in [-0.3, -0.25) is 9.59 Å². The largest absolute Gasteiger partial charge is 0.496 e.